The van der Waals surface area contributed by atoms with Crippen molar-refractivity contribution in [2.75, 3.05) is 22.5 Å². The van der Waals surface area contributed by atoms with Crippen molar-refractivity contribution < 1.29 is 9.59 Å². The van der Waals surface area contributed by atoms with E-state index >= 15 is 0 Å². The Kier molecular flexibility index (Phi) is 5.15. The minimum atomic E-state index is -0.225. The molecule has 1 aromatic heterocycles. The number of aromatic nitrogens is 2. The number of hydrogen-bond donors (Lipinski definition) is 1. The van der Waals surface area contributed by atoms with Gasteiger partial charge in [-0.3, -0.25) is 14.5 Å². The van der Waals surface area contributed by atoms with Crippen LogP contribution in [-0.4, -0.2) is 33.9 Å². The van der Waals surface area contributed by atoms with Crippen LogP contribution in [0.5, 0.6) is 0 Å². The number of aryl methyl sites for hydroxylation is 2. The SMILES string of the molecule is Cc1cccc(NC(=O)CN2C(=O)CSc3c2c(C)nn3-c2ccccc2)c1C. The number of anilines is 2. The summed E-state index contributed by atoms with van der Waals surface area (Å²) in [5.74, 6) is -0.0343. The number of amides is 2. The Labute approximate surface area is 173 Å². The standard InChI is InChI=1S/C22H22N4O2S/c1-14-8-7-11-18(15(14)2)23-19(27)12-25-20(28)13-29-22-21(25)16(3)24-26(22)17-9-5-4-6-10-17/h4-11H,12-13H2,1-3H3,(H,23,27). The van der Waals surface area contributed by atoms with E-state index in [2.05, 4.69) is 10.4 Å². The van der Waals surface area contributed by atoms with Crippen LogP contribution in [0.4, 0.5) is 11.4 Å². The van der Waals surface area contributed by atoms with Gasteiger partial charge in [-0.05, 0) is 50.1 Å². The molecule has 148 valence electrons. The second kappa shape index (κ2) is 7.75. The van der Waals surface area contributed by atoms with Crippen molar-refractivity contribution in [2.24, 2.45) is 0 Å². The van der Waals surface area contributed by atoms with Crippen LogP contribution in [-0.2, 0) is 9.59 Å². The van der Waals surface area contributed by atoms with Gasteiger partial charge in [-0.25, -0.2) is 4.68 Å². The molecule has 2 heterocycles. The fourth-order valence-corrected chi connectivity index (χ4v) is 4.48. The molecule has 0 atom stereocenters. The van der Waals surface area contributed by atoms with E-state index in [-0.39, 0.29) is 24.1 Å². The summed E-state index contributed by atoms with van der Waals surface area (Å²) in [5.41, 5.74) is 5.27. The molecule has 29 heavy (non-hydrogen) atoms. The molecule has 6 nitrogen and oxygen atoms in total. The summed E-state index contributed by atoms with van der Waals surface area (Å²) >= 11 is 1.46. The third kappa shape index (κ3) is 3.65. The minimum Gasteiger partial charge on any atom is -0.324 e. The van der Waals surface area contributed by atoms with Crippen LogP contribution in [0.3, 0.4) is 0 Å². The molecular formula is C22H22N4O2S. The Hall–Kier alpha value is -3.06. The Morgan fingerprint density at radius 1 is 1.10 bits per heavy atom. The number of nitrogens with zero attached hydrogens (tertiary/aromatic N) is 3. The third-order valence-corrected chi connectivity index (χ3v) is 6.10. The van der Waals surface area contributed by atoms with E-state index in [1.807, 2.05) is 74.0 Å². The van der Waals surface area contributed by atoms with Crippen molar-refractivity contribution >= 4 is 35.0 Å². The molecule has 2 aromatic carbocycles. The molecule has 1 aliphatic heterocycles. The first-order valence-electron chi connectivity index (χ1n) is 9.40. The van der Waals surface area contributed by atoms with Gasteiger partial charge in [0.05, 0.1) is 22.8 Å². The molecule has 1 N–H and O–H groups in total. The highest BCUT2D eigenvalue weighted by Crippen LogP contribution is 2.39. The largest absolute Gasteiger partial charge is 0.324 e. The smallest absolute Gasteiger partial charge is 0.244 e. The van der Waals surface area contributed by atoms with Crippen LogP contribution in [0, 0.1) is 20.8 Å². The maximum atomic E-state index is 12.7. The van der Waals surface area contributed by atoms with Gasteiger partial charge in [0, 0.05) is 5.69 Å². The molecule has 0 spiro atoms. The summed E-state index contributed by atoms with van der Waals surface area (Å²) in [6, 6.07) is 15.6. The predicted molar refractivity (Wildman–Crippen MR) is 116 cm³/mol. The molecule has 0 saturated carbocycles. The molecule has 0 radical (unpaired) electrons. The Morgan fingerprint density at radius 3 is 2.62 bits per heavy atom. The Morgan fingerprint density at radius 2 is 1.86 bits per heavy atom. The summed E-state index contributed by atoms with van der Waals surface area (Å²) in [5, 5.41) is 8.46. The highest BCUT2D eigenvalue weighted by Gasteiger charge is 2.32. The zero-order chi connectivity index (χ0) is 20.5. The maximum absolute atomic E-state index is 12.7. The number of benzene rings is 2. The highest BCUT2D eigenvalue weighted by molar-refractivity contribution is 8.00. The third-order valence-electron chi connectivity index (χ3n) is 5.07. The van der Waals surface area contributed by atoms with Gasteiger partial charge >= 0.3 is 0 Å². The number of carbonyl (C=O) groups is 2. The van der Waals surface area contributed by atoms with Crippen LogP contribution in [0.2, 0.25) is 0 Å². The molecule has 0 unspecified atom stereocenters. The minimum absolute atomic E-state index is 0.0406. The number of nitrogens with one attached hydrogen (secondary N) is 1. The van der Waals surface area contributed by atoms with Crippen LogP contribution in [0.25, 0.3) is 5.69 Å². The Bertz CT molecular complexity index is 1090. The lowest BCUT2D eigenvalue weighted by Crippen LogP contribution is -2.41. The first-order chi connectivity index (χ1) is 14.0. The molecule has 0 fully saturated rings. The van der Waals surface area contributed by atoms with E-state index in [0.717, 1.165) is 33.2 Å². The summed E-state index contributed by atoms with van der Waals surface area (Å²) in [7, 11) is 0. The van der Waals surface area contributed by atoms with E-state index in [1.165, 1.54) is 11.8 Å². The van der Waals surface area contributed by atoms with Gasteiger partial charge in [0.15, 0.2) is 0 Å². The molecule has 0 aliphatic carbocycles. The van der Waals surface area contributed by atoms with E-state index in [0.29, 0.717) is 5.69 Å². The van der Waals surface area contributed by atoms with Gasteiger partial charge in [-0.1, -0.05) is 42.1 Å². The van der Waals surface area contributed by atoms with Crippen LogP contribution in [0.15, 0.2) is 53.6 Å². The maximum Gasteiger partial charge on any atom is 0.244 e. The van der Waals surface area contributed by atoms with Crippen molar-refractivity contribution in [2.45, 2.75) is 25.8 Å². The lowest BCUT2D eigenvalue weighted by atomic mass is 10.1. The zero-order valence-electron chi connectivity index (χ0n) is 16.6. The zero-order valence-corrected chi connectivity index (χ0v) is 17.4. The molecule has 4 rings (SSSR count). The first-order valence-corrected chi connectivity index (χ1v) is 10.4. The molecule has 1 aliphatic rings. The number of carbonyl (C=O) groups excluding carboxylic acids is 2. The summed E-state index contributed by atoms with van der Waals surface area (Å²) in [6.07, 6.45) is 0. The van der Waals surface area contributed by atoms with Crippen LogP contribution in [0.1, 0.15) is 16.8 Å². The number of thioether (sulfide) groups is 1. The molecule has 3 aromatic rings. The number of rotatable bonds is 4. The van der Waals surface area contributed by atoms with E-state index in [9.17, 15) is 9.59 Å². The normalized spacial score (nSPS) is 13.3. The molecule has 7 heteroatoms. The monoisotopic (exact) mass is 406 g/mol. The lowest BCUT2D eigenvalue weighted by molar-refractivity contribution is -0.120. The average molecular weight is 407 g/mol. The van der Waals surface area contributed by atoms with Crippen LogP contribution < -0.4 is 10.2 Å². The number of para-hydroxylation sites is 1. The van der Waals surface area contributed by atoms with Gasteiger partial charge < -0.3 is 5.32 Å². The Balaban J connectivity index is 1.63. The highest BCUT2D eigenvalue weighted by atomic mass is 32.2. The molecule has 0 saturated heterocycles. The molecule has 2 amide bonds. The summed E-state index contributed by atoms with van der Waals surface area (Å²) < 4.78 is 1.84. The molecular weight excluding hydrogens is 384 g/mol. The van der Waals surface area contributed by atoms with Gasteiger partial charge in [-0.15, -0.1) is 0 Å². The second-order valence-corrected chi connectivity index (χ2v) is 8.01. The summed E-state index contributed by atoms with van der Waals surface area (Å²) in [4.78, 5) is 27.0. The number of fused-ring (bicyclic) bond motifs is 1. The van der Waals surface area contributed by atoms with Crippen molar-refractivity contribution in [3.05, 3.63) is 65.4 Å². The van der Waals surface area contributed by atoms with E-state index < -0.39 is 0 Å². The second-order valence-electron chi connectivity index (χ2n) is 7.05. The van der Waals surface area contributed by atoms with Gasteiger partial charge in [0.1, 0.15) is 11.6 Å². The fourth-order valence-electron chi connectivity index (χ4n) is 3.40. The fraction of sp³-hybridized carbons (Fsp3) is 0.227. The van der Waals surface area contributed by atoms with Gasteiger partial charge in [-0.2, -0.15) is 5.10 Å². The van der Waals surface area contributed by atoms with E-state index in [4.69, 9.17) is 0 Å². The summed E-state index contributed by atoms with van der Waals surface area (Å²) in [6.45, 7) is 5.80. The quantitative estimate of drug-likeness (QED) is 0.714. The first kappa shape index (κ1) is 19.3. The van der Waals surface area contributed by atoms with E-state index in [1.54, 1.807) is 4.90 Å². The molecule has 0 bridgehead atoms. The topological polar surface area (TPSA) is 67.2 Å². The number of hydrogen-bond acceptors (Lipinski definition) is 4. The lowest BCUT2D eigenvalue weighted by Gasteiger charge is -2.27. The van der Waals surface area contributed by atoms with Crippen molar-refractivity contribution in [1.82, 2.24) is 9.78 Å². The van der Waals surface area contributed by atoms with Crippen LogP contribution >= 0.6 is 11.8 Å². The van der Waals surface area contributed by atoms with Crippen molar-refractivity contribution in [3.63, 3.8) is 0 Å². The van der Waals surface area contributed by atoms with Gasteiger partial charge in [0.25, 0.3) is 0 Å². The predicted octanol–water partition coefficient (Wildman–Crippen LogP) is 3.87. The van der Waals surface area contributed by atoms with Crippen molar-refractivity contribution in [1.29, 1.82) is 0 Å². The van der Waals surface area contributed by atoms with Crippen molar-refractivity contribution in [3.8, 4) is 5.69 Å². The van der Waals surface area contributed by atoms with Gasteiger partial charge in [0.2, 0.25) is 11.8 Å². The average Bonchev–Trinajstić information content (AvgIpc) is 3.05.